The molecule has 2 aromatic rings. The summed E-state index contributed by atoms with van der Waals surface area (Å²) >= 11 is 1.83. The second kappa shape index (κ2) is 11.8. The Kier molecular flexibility index (Phi) is 8.57. The summed E-state index contributed by atoms with van der Waals surface area (Å²) in [5.41, 5.74) is 2.60. The summed E-state index contributed by atoms with van der Waals surface area (Å²) < 4.78 is 0. The second-order valence-corrected chi connectivity index (χ2v) is 10.3. The van der Waals surface area contributed by atoms with E-state index < -0.39 is 0 Å². The van der Waals surface area contributed by atoms with Crippen LogP contribution in [0.5, 0.6) is 0 Å². The van der Waals surface area contributed by atoms with Gasteiger partial charge in [-0.15, -0.1) is 11.3 Å². The summed E-state index contributed by atoms with van der Waals surface area (Å²) in [4.78, 5) is 33.7. The zero-order valence-corrected chi connectivity index (χ0v) is 20.7. The monoisotopic (exact) mass is 467 g/mol. The van der Waals surface area contributed by atoms with Crippen molar-refractivity contribution in [3.63, 3.8) is 0 Å². The van der Waals surface area contributed by atoms with Crippen molar-refractivity contribution in [3.05, 3.63) is 57.8 Å². The number of carbonyl (C=O) groups excluding carboxylic acids is 2. The number of unbranched alkanes of at least 4 members (excludes halogenated alkanes) is 3. The number of hydrogen-bond donors (Lipinski definition) is 0. The van der Waals surface area contributed by atoms with Gasteiger partial charge >= 0.3 is 0 Å². The van der Waals surface area contributed by atoms with E-state index in [1.807, 2.05) is 27.2 Å². The second-order valence-electron chi connectivity index (χ2n) is 9.26. The van der Waals surface area contributed by atoms with Gasteiger partial charge in [-0.1, -0.05) is 56.5 Å². The molecule has 0 saturated carbocycles. The lowest BCUT2D eigenvalue weighted by Gasteiger charge is -2.37. The summed E-state index contributed by atoms with van der Waals surface area (Å²) in [5.74, 6) is 0.442. The van der Waals surface area contributed by atoms with E-state index in [0.29, 0.717) is 26.1 Å². The van der Waals surface area contributed by atoms with Gasteiger partial charge in [0, 0.05) is 44.0 Å². The van der Waals surface area contributed by atoms with Crippen LogP contribution in [0.15, 0.2) is 41.8 Å². The molecule has 0 N–H and O–H groups in total. The molecule has 6 heteroatoms. The molecule has 1 aromatic heterocycles. The van der Waals surface area contributed by atoms with Crippen molar-refractivity contribution < 1.29 is 9.59 Å². The van der Waals surface area contributed by atoms with Crippen LogP contribution in [0.1, 0.15) is 67.5 Å². The summed E-state index contributed by atoms with van der Waals surface area (Å²) in [5, 5.41) is 2.18. The van der Waals surface area contributed by atoms with Gasteiger partial charge in [0.1, 0.15) is 0 Å². The third kappa shape index (κ3) is 6.04. The highest BCUT2D eigenvalue weighted by Gasteiger charge is 2.32. The largest absolute Gasteiger partial charge is 0.341 e. The van der Waals surface area contributed by atoms with Crippen molar-refractivity contribution in [3.8, 4) is 0 Å². The summed E-state index contributed by atoms with van der Waals surface area (Å²) in [6.45, 7) is 6.33. The number of benzene rings is 1. The first kappa shape index (κ1) is 24.0. The standard InChI is InChI=1S/C27H37N3O2S/c1-2-3-4-8-12-25(31)28-15-9-16-29(19-18-28)26(32)21-30-17-13-24-23(14-20-33-24)27(30)22-10-6-5-7-11-22/h5-7,10-11,14,20,27H,2-4,8-9,12-13,15-19,21H2,1H3. The molecule has 0 bridgehead atoms. The smallest absolute Gasteiger partial charge is 0.236 e. The molecule has 2 amide bonds. The van der Waals surface area contributed by atoms with Crippen molar-refractivity contribution in [1.29, 1.82) is 0 Å². The lowest BCUT2D eigenvalue weighted by molar-refractivity contribution is -0.134. The van der Waals surface area contributed by atoms with Gasteiger partial charge in [0.05, 0.1) is 12.6 Å². The number of amides is 2. The SMILES string of the molecule is CCCCCCC(=O)N1CCCN(C(=O)CN2CCc3sccc3C2c2ccccc2)CC1. The third-order valence-electron chi connectivity index (χ3n) is 6.96. The molecule has 1 unspecified atom stereocenters. The van der Waals surface area contributed by atoms with E-state index in [9.17, 15) is 9.59 Å². The van der Waals surface area contributed by atoms with Crippen molar-refractivity contribution in [2.24, 2.45) is 0 Å². The number of hydrogen-bond acceptors (Lipinski definition) is 4. The molecular weight excluding hydrogens is 430 g/mol. The predicted octanol–water partition coefficient (Wildman–Crippen LogP) is 4.73. The molecule has 4 rings (SSSR count). The van der Waals surface area contributed by atoms with Gasteiger partial charge in [-0.05, 0) is 41.8 Å². The highest BCUT2D eigenvalue weighted by atomic mass is 32.1. The fourth-order valence-electron chi connectivity index (χ4n) is 5.12. The normalized spacial score (nSPS) is 19.2. The Morgan fingerprint density at radius 2 is 1.67 bits per heavy atom. The highest BCUT2D eigenvalue weighted by Crippen LogP contribution is 2.37. The predicted molar refractivity (Wildman–Crippen MR) is 134 cm³/mol. The molecule has 5 nitrogen and oxygen atoms in total. The van der Waals surface area contributed by atoms with Crippen molar-refractivity contribution >= 4 is 23.2 Å². The first-order valence-corrected chi connectivity index (χ1v) is 13.5. The van der Waals surface area contributed by atoms with Crippen LogP contribution in [0.25, 0.3) is 0 Å². The van der Waals surface area contributed by atoms with Crippen molar-refractivity contribution in [2.45, 2.75) is 57.9 Å². The zero-order chi connectivity index (χ0) is 23.0. The van der Waals surface area contributed by atoms with Gasteiger partial charge in [-0.2, -0.15) is 0 Å². The first-order chi connectivity index (χ1) is 16.2. The molecule has 1 fully saturated rings. The molecule has 178 valence electrons. The molecule has 1 aromatic carbocycles. The minimum Gasteiger partial charge on any atom is -0.341 e. The molecule has 1 saturated heterocycles. The maximum atomic E-state index is 13.4. The van der Waals surface area contributed by atoms with E-state index >= 15 is 0 Å². The third-order valence-corrected chi connectivity index (χ3v) is 7.96. The summed E-state index contributed by atoms with van der Waals surface area (Å²) in [6.07, 6.45) is 7.00. The van der Waals surface area contributed by atoms with Crippen LogP contribution in [0.4, 0.5) is 0 Å². The number of thiophene rings is 1. The van der Waals surface area contributed by atoms with Gasteiger partial charge in [0.25, 0.3) is 0 Å². The molecule has 0 radical (unpaired) electrons. The number of nitrogens with zero attached hydrogens (tertiary/aromatic N) is 3. The molecule has 2 aliphatic rings. The van der Waals surface area contributed by atoms with E-state index in [1.54, 1.807) is 0 Å². The van der Waals surface area contributed by atoms with Gasteiger partial charge in [-0.25, -0.2) is 0 Å². The van der Waals surface area contributed by atoms with Gasteiger partial charge in [0.2, 0.25) is 11.8 Å². The number of rotatable bonds is 8. The average molecular weight is 468 g/mol. The molecule has 0 aliphatic carbocycles. The molecule has 3 heterocycles. The topological polar surface area (TPSA) is 43.9 Å². The van der Waals surface area contributed by atoms with Gasteiger partial charge < -0.3 is 9.80 Å². The number of carbonyl (C=O) groups is 2. The van der Waals surface area contributed by atoms with Crippen LogP contribution in [-0.2, 0) is 16.0 Å². The lowest BCUT2D eigenvalue weighted by Crippen LogP contribution is -2.45. The van der Waals surface area contributed by atoms with Crippen LogP contribution < -0.4 is 0 Å². The zero-order valence-electron chi connectivity index (χ0n) is 19.9. The van der Waals surface area contributed by atoms with Gasteiger partial charge in [-0.3, -0.25) is 14.5 Å². The van der Waals surface area contributed by atoms with E-state index in [2.05, 4.69) is 47.5 Å². The Morgan fingerprint density at radius 1 is 0.909 bits per heavy atom. The van der Waals surface area contributed by atoms with Crippen molar-refractivity contribution in [2.75, 3.05) is 39.3 Å². The number of fused-ring (bicyclic) bond motifs is 1. The van der Waals surface area contributed by atoms with Gasteiger partial charge in [0.15, 0.2) is 0 Å². The van der Waals surface area contributed by atoms with Crippen molar-refractivity contribution in [1.82, 2.24) is 14.7 Å². The molecule has 1 atom stereocenters. The fraction of sp³-hybridized carbons (Fsp3) is 0.556. The molecular formula is C27H37N3O2S. The van der Waals surface area contributed by atoms with Crippen LogP contribution in [0.3, 0.4) is 0 Å². The van der Waals surface area contributed by atoms with E-state index in [4.69, 9.17) is 0 Å². The Bertz CT molecular complexity index is 913. The van der Waals surface area contributed by atoms with Crippen LogP contribution in [0, 0.1) is 0 Å². The van der Waals surface area contributed by atoms with E-state index in [1.165, 1.54) is 28.8 Å². The minimum atomic E-state index is 0.137. The first-order valence-electron chi connectivity index (χ1n) is 12.6. The highest BCUT2D eigenvalue weighted by molar-refractivity contribution is 7.10. The Balaban J connectivity index is 1.36. The quantitative estimate of drug-likeness (QED) is 0.528. The Hall–Kier alpha value is -2.18. The van der Waals surface area contributed by atoms with E-state index in [0.717, 1.165) is 45.3 Å². The lowest BCUT2D eigenvalue weighted by atomic mass is 9.93. The molecule has 0 spiro atoms. The van der Waals surface area contributed by atoms with E-state index in [-0.39, 0.29) is 17.9 Å². The maximum absolute atomic E-state index is 13.4. The molecule has 2 aliphatic heterocycles. The Labute approximate surface area is 202 Å². The fourth-order valence-corrected chi connectivity index (χ4v) is 6.02. The average Bonchev–Trinajstić information content (AvgIpc) is 3.17. The molecule has 33 heavy (non-hydrogen) atoms. The Morgan fingerprint density at radius 3 is 2.42 bits per heavy atom. The van der Waals surface area contributed by atoms with Crippen LogP contribution in [-0.4, -0.2) is 65.8 Å². The summed E-state index contributed by atoms with van der Waals surface area (Å²) in [6, 6.07) is 12.9. The van der Waals surface area contributed by atoms with Crippen LogP contribution in [0.2, 0.25) is 0 Å². The van der Waals surface area contributed by atoms with Crippen LogP contribution >= 0.6 is 11.3 Å². The summed E-state index contributed by atoms with van der Waals surface area (Å²) in [7, 11) is 0. The maximum Gasteiger partial charge on any atom is 0.236 e. The minimum absolute atomic E-state index is 0.137.